The Morgan fingerprint density at radius 1 is 1.00 bits per heavy atom. The number of benzene rings is 1. The molecule has 23 heavy (non-hydrogen) atoms. The zero-order chi connectivity index (χ0) is 17.4. The molecule has 0 saturated heterocycles. The van der Waals surface area contributed by atoms with E-state index in [1.54, 1.807) is 0 Å². The van der Waals surface area contributed by atoms with Crippen LogP contribution in [0.5, 0.6) is 5.75 Å². The minimum atomic E-state index is -0.827. The zero-order valence-corrected chi connectivity index (χ0v) is 15.2. The highest BCUT2D eigenvalue weighted by Crippen LogP contribution is 2.41. The Balaban J connectivity index is 2.60. The first kappa shape index (κ1) is 20.1. The van der Waals surface area contributed by atoms with Crippen LogP contribution in [0.1, 0.15) is 26.2 Å². The van der Waals surface area contributed by atoms with E-state index in [1.165, 1.54) is 6.07 Å². The molecule has 0 aliphatic heterocycles. The van der Waals surface area contributed by atoms with Crippen molar-refractivity contribution in [1.82, 2.24) is 0 Å². The summed E-state index contributed by atoms with van der Waals surface area (Å²) in [5.74, 6) is -1.51. The Morgan fingerprint density at radius 2 is 1.65 bits per heavy atom. The van der Waals surface area contributed by atoms with E-state index in [9.17, 15) is 9.59 Å². The molecule has 8 heteroatoms. The van der Waals surface area contributed by atoms with E-state index in [-0.39, 0.29) is 25.8 Å². The number of halogens is 4. The normalized spacial score (nSPS) is 10.8. The molecule has 0 atom stereocenters. The third-order valence-electron chi connectivity index (χ3n) is 2.63. The van der Waals surface area contributed by atoms with Gasteiger partial charge in [0.25, 0.3) is 0 Å². The molecule has 1 aromatic rings. The first-order chi connectivity index (χ1) is 10.9. The van der Waals surface area contributed by atoms with Gasteiger partial charge in [0, 0.05) is 18.2 Å². The average Bonchev–Trinajstić information content (AvgIpc) is 2.52. The molecule has 1 aromatic carbocycles. The molecule has 0 saturated carbocycles. The molecule has 0 radical (unpaired) electrons. The molecule has 0 bridgehead atoms. The van der Waals surface area contributed by atoms with Gasteiger partial charge in [0.1, 0.15) is 5.02 Å². The molecule has 0 unspecified atom stereocenters. The smallest absolute Gasteiger partial charge is 0.336 e. The van der Waals surface area contributed by atoms with Crippen molar-refractivity contribution in [3.63, 3.8) is 0 Å². The molecule has 1 rings (SSSR count). The molecular formula is C15H14Cl4O4. The van der Waals surface area contributed by atoms with Crippen LogP contribution in [0.3, 0.4) is 0 Å². The van der Waals surface area contributed by atoms with Gasteiger partial charge in [-0.1, -0.05) is 66.2 Å². The molecule has 0 spiro atoms. The van der Waals surface area contributed by atoms with Crippen molar-refractivity contribution in [3.8, 4) is 5.75 Å². The topological polar surface area (TPSA) is 52.6 Å². The second kappa shape index (κ2) is 10.0. The summed E-state index contributed by atoms with van der Waals surface area (Å²) in [6.45, 7) is 2.35. The van der Waals surface area contributed by atoms with Gasteiger partial charge in [-0.05, 0) is 6.42 Å². The van der Waals surface area contributed by atoms with Gasteiger partial charge in [0.2, 0.25) is 0 Å². The predicted molar refractivity (Wildman–Crippen MR) is 91.7 cm³/mol. The van der Waals surface area contributed by atoms with E-state index in [4.69, 9.17) is 55.9 Å². The van der Waals surface area contributed by atoms with Gasteiger partial charge in [-0.15, -0.1) is 0 Å². The van der Waals surface area contributed by atoms with Crippen LogP contribution in [0.4, 0.5) is 0 Å². The van der Waals surface area contributed by atoms with Crippen LogP contribution in [0, 0.1) is 0 Å². The fraction of sp³-hybridized carbons (Fsp3) is 0.333. The Hall–Kier alpha value is -0.940. The SMILES string of the molecule is CCCCCOC(=O)/C=C/C(=O)Oc1cc(Cl)c(Cl)c(Cl)c1Cl. The highest BCUT2D eigenvalue weighted by atomic mass is 35.5. The summed E-state index contributed by atoms with van der Waals surface area (Å²) in [6, 6.07) is 1.26. The number of hydrogen-bond donors (Lipinski definition) is 0. The molecule has 0 aromatic heterocycles. The number of unbranched alkanes of at least 4 members (excludes halogenated alkanes) is 2. The van der Waals surface area contributed by atoms with Crippen LogP contribution in [0.25, 0.3) is 0 Å². The molecule has 126 valence electrons. The van der Waals surface area contributed by atoms with Crippen LogP contribution < -0.4 is 4.74 Å². The van der Waals surface area contributed by atoms with E-state index in [1.807, 2.05) is 6.92 Å². The van der Waals surface area contributed by atoms with Crippen molar-refractivity contribution >= 4 is 58.3 Å². The van der Waals surface area contributed by atoms with Crippen LogP contribution >= 0.6 is 46.4 Å². The van der Waals surface area contributed by atoms with Crippen molar-refractivity contribution in [2.24, 2.45) is 0 Å². The zero-order valence-electron chi connectivity index (χ0n) is 12.2. The highest BCUT2D eigenvalue weighted by molar-refractivity contribution is 6.52. The first-order valence-corrected chi connectivity index (χ1v) is 8.27. The number of carbonyl (C=O) groups is 2. The molecule has 0 heterocycles. The van der Waals surface area contributed by atoms with E-state index in [0.717, 1.165) is 31.4 Å². The quantitative estimate of drug-likeness (QED) is 0.152. The molecule has 0 amide bonds. The minimum Gasteiger partial charge on any atom is -0.463 e. The van der Waals surface area contributed by atoms with Crippen molar-refractivity contribution < 1.29 is 19.1 Å². The van der Waals surface area contributed by atoms with Gasteiger partial charge >= 0.3 is 11.9 Å². The third-order valence-corrected chi connectivity index (χ3v) is 4.36. The number of hydrogen-bond acceptors (Lipinski definition) is 4. The van der Waals surface area contributed by atoms with Crippen LogP contribution in [0.2, 0.25) is 20.1 Å². The first-order valence-electron chi connectivity index (χ1n) is 6.76. The van der Waals surface area contributed by atoms with Crippen molar-refractivity contribution in [2.75, 3.05) is 6.61 Å². The monoisotopic (exact) mass is 398 g/mol. The summed E-state index contributed by atoms with van der Waals surface area (Å²) in [6.07, 6.45) is 4.66. The van der Waals surface area contributed by atoms with Crippen molar-refractivity contribution in [1.29, 1.82) is 0 Å². The maximum absolute atomic E-state index is 11.7. The standard InChI is InChI=1S/C15H14Cl4O4/c1-2-3-4-7-22-11(20)5-6-12(21)23-10-8-9(16)13(17)15(19)14(10)18/h5-6,8H,2-4,7H2,1H3/b6-5+. The summed E-state index contributed by atoms with van der Waals surface area (Å²) < 4.78 is 9.87. The molecule has 0 N–H and O–H groups in total. The Labute approximate surface area is 154 Å². The molecule has 0 aliphatic rings. The summed E-state index contributed by atoms with van der Waals surface area (Å²) in [4.78, 5) is 23.0. The van der Waals surface area contributed by atoms with Gasteiger partial charge in [0.15, 0.2) is 5.75 Å². The van der Waals surface area contributed by atoms with Crippen molar-refractivity contribution in [2.45, 2.75) is 26.2 Å². The maximum Gasteiger partial charge on any atom is 0.336 e. The van der Waals surface area contributed by atoms with Gasteiger partial charge in [-0.25, -0.2) is 9.59 Å². The van der Waals surface area contributed by atoms with Crippen LogP contribution in [-0.4, -0.2) is 18.5 Å². The van der Waals surface area contributed by atoms with Crippen LogP contribution in [0.15, 0.2) is 18.2 Å². The second-order valence-corrected chi connectivity index (χ2v) is 5.97. The number of ether oxygens (including phenoxy) is 2. The summed E-state index contributed by atoms with van der Waals surface area (Å²) >= 11 is 23.4. The van der Waals surface area contributed by atoms with Gasteiger partial charge < -0.3 is 9.47 Å². The van der Waals surface area contributed by atoms with Gasteiger partial charge in [0.05, 0.1) is 21.7 Å². The van der Waals surface area contributed by atoms with Crippen LogP contribution in [-0.2, 0) is 14.3 Å². The molecular weight excluding hydrogens is 386 g/mol. The fourth-order valence-corrected chi connectivity index (χ4v) is 2.30. The minimum absolute atomic E-state index is 0.0250. The lowest BCUT2D eigenvalue weighted by atomic mass is 10.3. The highest BCUT2D eigenvalue weighted by Gasteiger charge is 2.16. The van der Waals surface area contributed by atoms with E-state index in [0.29, 0.717) is 6.61 Å². The summed E-state index contributed by atoms with van der Waals surface area (Å²) in [5.41, 5.74) is 0. The molecule has 0 aliphatic carbocycles. The fourth-order valence-electron chi connectivity index (χ4n) is 1.48. The largest absolute Gasteiger partial charge is 0.463 e. The lowest BCUT2D eigenvalue weighted by Crippen LogP contribution is -2.07. The average molecular weight is 400 g/mol. The summed E-state index contributed by atoms with van der Waals surface area (Å²) in [5, 5.41) is 0.0698. The Bertz CT molecular complexity index is 614. The predicted octanol–water partition coefficient (Wildman–Crippen LogP) is 5.50. The number of esters is 2. The number of carbonyl (C=O) groups excluding carboxylic acids is 2. The van der Waals surface area contributed by atoms with Gasteiger partial charge in [-0.2, -0.15) is 0 Å². The van der Waals surface area contributed by atoms with E-state index in [2.05, 4.69) is 0 Å². The lowest BCUT2D eigenvalue weighted by molar-refractivity contribution is -0.138. The second-order valence-electron chi connectivity index (χ2n) is 4.43. The maximum atomic E-state index is 11.7. The third kappa shape index (κ3) is 6.60. The van der Waals surface area contributed by atoms with E-state index >= 15 is 0 Å². The number of rotatable bonds is 7. The van der Waals surface area contributed by atoms with Crippen molar-refractivity contribution in [3.05, 3.63) is 38.3 Å². The molecule has 4 nitrogen and oxygen atoms in total. The van der Waals surface area contributed by atoms with E-state index < -0.39 is 11.9 Å². The Morgan fingerprint density at radius 3 is 2.30 bits per heavy atom. The Kier molecular flexibility index (Phi) is 8.77. The summed E-state index contributed by atoms with van der Waals surface area (Å²) in [7, 11) is 0. The molecule has 0 fully saturated rings. The lowest BCUT2D eigenvalue weighted by Gasteiger charge is -2.08. The van der Waals surface area contributed by atoms with Gasteiger partial charge in [-0.3, -0.25) is 0 Å².